The van der Waals surface area contributed by atoms with Crippen molar-refractivity contribution < 1.29 is 0 Å². The highest BCUT2D eigenvalue weighted by Gasteiger charge is 2.21. The first kappa shape index (κ1) is 17.5. The van der Waals surface area contributed by atoms with Gasteiger partial charge in [-0.2, -0.15) is 0 Å². The predicted molar refractivity (Wildman–Crippen MR) is 107 cm³/mol. The molecule has 1 aromatic heterocycles. The predicted octanol–water partition coefficient (Wildman–Crippen LogP) is 4.41. The van der Waals surface area contributed by atoms with Gasteiger partial charge in [0.1, 0.15) is 5.82 Å². The maximum atomic E-state index is 12.6. The first-order valence-electron chi connectivity index (χ1n) is 8.43. The minimum absolute atomic E-state index is 0.0551. The molecule has 26 heavy (non-hydrogen) atoms. The van der Waals surface area contributed by atoms with Gasteiger partial charge in [-0.3, -0.25) is 9.69 Å². The number of halogens is 2. The lowest BCUT2D eigenvalue weighted by Crippen LogP contribution is -2.35. The zero-order valence-corrected chi connectivity index (χ0v) is 16.3. The van der Waals surface area contributed by atoms with Gasteiger partial charge in [-0.25, -0.2) is 4.98 Å². The summed E-state index contributed by atoms with van der Waals surface area (Å²) in [5.74, 6) is 0.603. The van der Waals surface area contributed by atoms with E-state index in [1.165, 1.54) is 5.56 Å². The Bertz CT molecular complexity index is 983. The maximum Gasteiger partial charge on any atom is 0.255 e. The zero-order valence-electron chi connectivity index (χ0n) is 14.0. The summed E-state index contributed by atoms with van der Waals surface area (Å²) in [6, 6.07) is 15.6. The molecule has 3 aromatic rings. The summed E-state index contributed by atoms with van der Waals surface area (Å²) in [6.07, 6.45) is 0.774. The van der Waals surface area contributed by atoms with Crippen LogP contribution in [0.5, 0.6) is 0 Å². The molecule has 4 nitrogen and oxygen atoms in total. The van der Waals surface area contributed by atoms with Crippen LogP contribution in [0.3, 0.4) is 0 Å². The monoisotopic (exact) mass is 429 g/mol. The number of fused-ring (bicyclic) bond motifs is 1. The van der Waals surface area contributed by atoms with Crippen LogP contribution in [0, 0.1) is 0 Å². The normalized spacial score (nSPS) is 14.2. The van der Waals surface area contributed by atoms with Gasteiger partial charge in [0.15, 0.2) is 0 Å². The Morgan fingerprint density at radius 1 is 1.12 bits per heavy atom. The molecule has 1 N–H and O–H groups in total. The molecule has 1 aliphatic heterocycles. The number of nitrogens with one attached hydrogen (secondary N) is 1. The van der Waals surface area contributed by atoms with Gasteiger partial charge in [-0.15, -0.1) is 0 Å². The molecule has 0 amide bonds. The Kier molecular flexibility index (Phi) is 4.94. The maximum absolute atomic E-state index is 12.6. The van der Waals surface area contributed by atoms with E-state index in [0.29, 0.717) is 17.4 Å². The van der Waals surface area contributed by atoms with Crippen LogP contribution in [0.25, 0.3) is 11.4 Å². The van der Waals surface area contributed by atoms with E-state index in [9.17, 15) is 4.79 Å². The second kappa shape index (κ2) is 7.35. The van der Waals surface area contributed by atoms with Crippen molar-refractivity contribution >= 4 is 27.5 Å². The topological polar surface area (TPSA) is 49.0 Å². The first-order valence-corrected chi connectivity index (χ1v) is 9.60. The fraction of sp³-hybridized carbons (Fsp3) is 0.200. The Morgan fingerprint density at radius 2 is 1.85 bits per heavy atom. The summed E-state index contributed by atoms with van der Waals surface area (Å²) in [5.41, 5.74) is 3.71. The smallest absolute Gasteiger partial charge is 0.255 e. The Balaban J connectivity index is 1.57. The van der Waals surface area contributed by atoms with Crippen molar-refractivity contribution in [3.63, 3.8) is 0 Å². The molecular formula is C20H17BrClN3O. The molecule has 2 heterocycles. The molecule has 0 unspecified atom stereocenters. The third kappa shape index (κ3) is 3.75. The van der Waals surface area contributed by atoms with Crippen molar-refractivity contribution in [2.24, 2.45) is 0 Å². The number of benzene rings is 2. The Morgan fingerprint density at radius 3 is 2.58 bits per heavy atom. The van der Waals surface area contributed by atoms with E-state index in [0.717, 1.165) is 40.8 Å². The van der Waals surface area contributed by atoms with E-state index >= 15 is 0 Å². The first-order chi connectivity index (χ1) is 12.6. The summed E-state index contributed by atoms with van der Waals surface area (Å²) < 4.78 is 1.07. The van der Waals surface area contributed by atoms with Gasteiger partial charge in [-0.1, -0.05) is 39.7 Å². The van der Waals surface area contributed by atoms with Crippen molar-refractivity contribution in [2.75, 3.05) is 6.54 Å². The lowest BCUT2D eigenvalue weighted by Gasteiger charge is -2.27. The van der Waals surface area contributed by atoms with Crippen LogP contribution in [-0.2, 0) is 19.5 Å². The summed E-state index contributed by atoms with van der Waals surface area (Å²) in [7, 11) is 0. The molecule has 1 aliphatic rings. The number of hydrogen-bond donors (Lipinski definition) is 1. The van der Waals surface area contributed by atoms with E-state index in [4.69, 9.17) is 16.6 Å². The molecule has 0 aliphatic carbocycles. The standard InChI is InChI=1S/C20H17BrClN3O/c21-15-5-1-13(2-6-15)11-25-10-9-18-17(12-25)20(26)24-19(23-18)14-3-7-16(22)8-4-14/h1-8H,9-12H2,(H,23,24,26). The minimum atomic E-state index is -0.0551. The van der Waals surface area contributed by atoms with E-state index in [1.807, 2.05) is 24.3 Å². The number of H-pyrrole nitrogens is 1. The molecule has 0 saturated carbocycles. The summed E-state index contributed by atoms with van der Waals surface area (Å²) in [4.78, 5) is 22.5. The van der Waals surface area contributed by atoms with Crippen LogP contribution in [-0.4, -0.2) is 21.4 Å². The minimum Gasteiger partial charge on any atom is -0.306 e. The van der Waals surface area contributed by atoms with Gasteiger partial charge in [0.2, 0.25) is 0 Å². The van der Waals surface area contributed by atoms with Crippen molar-refractivity contribution in [3.05, 3.63) is 85.2 Å². The quantitative estimate of drug-likeness (QED) is 0.669. The summed E-state index contributed by atoms with van der Waals surface area (Å²) in [6.45, 7) is 2.33. The van der Waals surface area contributed by atoms with Crippen LogP contribution in [0.1, 0.15) is 16.8 Å². The van der Waals surface area contributed by atoms with Crippen LogP contribution < -0.4 is 5.56 Å². The van der Waals surface area contributed by atoms with E-state index in [-0.39, 0.29) is 5.56 Å². The third-order valence-corrected chi connectivity index (χ3v) is 5.37. The second-order valence-corrected chi connectivity index (χ2v) is 7.79. The van der Waals surface area contributed by atoms with E-state index < -0.39 is 0 Å². The number of nitrogens with zero attached hydrogens (tertiary/aromatic N) is 2. The van der Waals surface area contributed by atoms with E-state index in [1.54, 1.807) is 12.1 Å². The van der Waals surface area contributed by atoms with Crippen molar-refractivity contribution in [2.45, 2.75) is 19.5 Å². The fourth-order valence-corrected chi connectivity index (χ4v) is 3.60. The largest absolute Gasteiger partial charge is 0.306 e. The number of aromatic amines is 1. The molecule has 0 spiro atoms. The third-order valence-electron chi connectivity index (χ3n) is 4.58. The lowest BCUT2D eigenvalue weighted by atomic mass is 10.1. The Hall–Kier alpha value is -1.95. The average molecular weight is 431 g/mol. The van der Waals surface area contributed by atoms with Gasteiger partial charge >= 0.3 is 0 Å². The highest BCUT2D eigenvalue weighted by atomic mass is 79.9. The molecule has 6 heteroatoms. The van der Waals surface area contributed by atoms with E-state index in [2.05, 4.69) is 37.9 Å². The molecule has 0 atom stereocenters. The fourth-order valence-electron chi connectivity index (χ4n) is 3.21. The molecule has 4 rings (SSSR count). The van der Waals surface area contributed by atoms with Crippen molar-refractivity contribution in [1.82, 2.24) is 14.9 Å². The highest BCUT2D eigenvalue weighted by Crippen LogP contribution is 2.21. The SMILES string of the molecule is O=c1[nH]c(-c2ccc(Cl)cc2)nc2c1CN(Cc1ccc(Br)cc1)CC2. The van der Waals surface area contributed by atoms with Crippen LogP contribution in [0.2, 0.25) is 5.02 Å². The van der Waals surface area contributed by atoms with Gasteiger partial charge in [0.25, 0.3) is 5.56 Å². The molecule has 0 fully saturated rings. The van der Waals surface area contributed by atoms with Crippen molar-refractivity contribution in [1.29, 1.82) is 0 Å². The lowest BCUT2D eigenvalue weighted by molar-refractivity contribution is 0.242. The van der Waals surface area contributed by atoms with Crippen LogP contribution in [0.15, 0.2) is 57.8 Å². The Labute approximate surface area is 165 Å². The molecule has 0 bridgehead atoms. The second-order valence-electron chi connectivity index (χ2n) is 6.43. The average Bonchev–Trinajstić information content (AvgIpc) is 2.64. The van der Waals surface area contributed by atoms with Gasteiger partial charge in [0, 0.05) is 41.1 Å². The van der Waals surface area contributed by atoms with Gasteiger partial charge < -0.3 is 4.98 Å². The van der Waals surface area contributed by atoms with Crippen LogP contribution in [0.4, 0.5) is 0 Å². The summed E-state index contributed by atoms with van der Waals surface area (Å²) in [5, 5.41) is 0.664. The summed E-state index contributed by atoms with van der Waals surface area (Å²) >= 11 is 9.39. The van der Waals surface area contributed by atoms with Crippen LogP contribution >= 0.6 is 27.5 Å². The molecular weight excluding hydrogens is 414 g/mol. The zero-order chi connectivity index (χ0) is 18.1. The molecule has 2 aromatic carbocycles. The number of aromatic nitrogens is 2. The highest BCUT2D eigenvalue weighted by molar-refractivity contribution is 9.10. The molecule has 0 radical (unpaired) electrons. The molecule has 132 valence electrons. The number of rotatable bonds is 3. The van der Waals surface area contributed by atoms with Gasteiger partial charge in [0.05, 0.1) is 11.3 Å². The molecule has 0 saturated heterocycles. The van der Waals surface area contributed by atoms with Crippen molar-refractivity contribution in [3.8, 4) is 11.4 Å². The number of hydrogen-bond acceptors (Lipinski definition) is 3. The van der Waals surface area contributed by atoms with Gasteiger partial charge in [-0.05, 0) is 42.0 Å².